The van der Waals surface area contributed by atoms with Gasteiger partial charge >= 0.3 is 0 Å². The van der Waals surface area contributed by atoms with Crippen molar-refractivity contribution in [3.8, 4) is 0 Å². The Hall–Kier alpha value is -2.26. The van der Waals surface area contributed by atoms with Crippen molar-refractivity contribution >= 4 is 23.3 Å². The van der Waals surface area contributed by atoms with Crippen molar-refractivity contribution < 1.29 is 9.90 Å². The molecular weight excluding hydrogens is 464 g/mol. The van der Waals surface area contributed by atoms with Crippen molar-refractivity contribution in [3.63, 3.8) is 0 Å². The van der Waals surface area contributed by atoms with Crippen LogP contribution in [0.3, 0.4) is 0 Å². The second-order valence-electron chi connectivity index (χ2n) is 10.00. The van der Waals surface area contributed by atoms with Crippen LogP contribution >= 0.6 is 11.6 Å². The minimum Gasteiger partial charge on any atom is -0.387 e. The normalized spacial score (nSPS) is 25.1. The monoisotopic (exact) mass is 498 g/mol. The van der Waals surface area contributed by atoms with Crippen LogP contribution in [0, 0.1) is 0 Å². The van der Waals surface area contributed by atoms with Gasteiger partial charge in [-0.25, -0.2) is 9.97 Å². The summed E-state index contributed by atoms with van der Waals surface area (Å²) in [6.07, 6.45) is 3.61. The molecule has 3 aliphatic rings. The Bertz CT molecular complexity index is 1020. The van der Waals surface area contributed by atoms with Gasteiger partial charge in [0, 0.05) is 49.4 Å². The highest BCUT2D eigenvalue weighted by Gasteiger charge is 2.35. The molecule has 2 aromatic rings. The molecule has 2 aliphatic heterocycles. The number of aromatic nitrogens is 2. The van der Waals surface area contributed by atoms with Gasteiger partial charge in [-0.05, 0) is 56.0 Å². The molecule has 0 bridgehead atoms. The van der Waals surface area contributed by atoms with Gasteiger partial charge in [0.05, 0.1) is 17.7 Å². The first-order valence-corrected chi connectivity index (χ1v) is 13.1. The van der Waals surface area contributed by atoms with Gasteiger partial charge in [-0.2, -0.15) is 0 Å². The van der Waals surface area contributed by atoms with Crippen LogP contribution < -0.4 is 15.5 Å². The zero-order chi connectivity index (χ0) is 24.4. The molecule has 35 heavy (non-hydrogen) atoms. The number of nitrogens with zero attached hydrogens (tertiary/aromatic N) is 4. The number of halogens is 1. The molecule has 1 aromatic heterocycles. The first-order valence-electron chi connectivity index (χ1n) is 12.8. The second-order valence-corrected chi connectivity index (χ2v) is 10.4. The maximum atomic E-state index is 13.7. The van der Waals surface area contributed by atoms with Gasteiger partial charge in [0.2, 0.25) is 5.91 Å². The smallest absolute Gasteiger partial charge is 0.230 e. The number of hydrogen-bond acceptors (Lipinski definition) is 7. The Morgan fingerprint density at radius 2 is 2.00 bits per heavy atom. The van der Waals surface area contributed by atoms with E-state index in [-0.39, 0.29) is 17.7 Å². The fraction of sp³-hybridized carbons (Fsp3) is 0.577. The van der Waals surface area contributed by atoms with Gasteiger partial charge in [0.1, 0.15) is 12.1 Å². The van der Waals surface area contributed by atoms with E-state index in [1.807, 2.05) is 29.2 Å². The Labute approximate surface area is 212 Å². The fourth-order valence-electron chi connectivity index (χ4n) is 5.70. The molecule has 9 heteroatoms. The molecule has 0 saturated carbocycles. The van der Waals surface area contributed by atoms with Crippen LogP contribution in [0.2, 0.25) is 5.02 Å². The number of carbonyl (C=O) groups excluding carboxylic acids is 1. The van der Waals surface area contributed by atoms with Gasteiger partial charge in [-0.15, -0.1) is 0 Å². The number of piperazine rings is 1. The lowest BCUT2D eigenvalue weighted by Crippen LogP contribution is -2.50. The van der Waals surface area contributed by atoms with E-state index >= 15 is 0 Å². The van der Waals surface area contributed by atoms with E-state index in [0.29, 0.717) is 30.6 Å². The van der Waals surface area contributed by atoms with Gasteiger partial charge in [0.25, 0.3) is 0 Å². The lowest BCUT2D eigenvalue weighted by molar-refractivity contribution is -0.133. The first kappa shape index (κ1) is 24.4. The summed E-state index contributed by atoms with van der Waals surface area (Å²) in [5.41, 5.74) is 2.84. The summed E-state index contributed by atoms with van der Waals surface area (Å²) >= 11 is 6.12. The minimum atomic E-state index is -0.515. The quantitative estimate of drug-likeness (QED) is 0.540. The molecule has 1 aromatic carbocycles. The molecule has 4 atom stereocenters. The average Bonchev–Trinajstić information content (AvgIpc) is 3.50. The summed E-state index contributed by atoms with van der Waals surface area (Å²) in [6, 6.07) is 8.18. The van der Waals surface area contributed by atoms with Crippen molar-refractivity contribution in [2.24, 2.45) is 0 Å². The zero-order valence-electron chi connectivity index (χ0n) is 20.3. The Morgan fingerprint density at radius 3 is 2.71 bits per heavy atom. The maximum Gasteiger partial charge on any atom is 0.230 e. The number of benzene rings is 1. The predicted octanol–water partition coefficient (Wildman–Crippen LogP) is 2.44. The number of amides is 1. The summed E-state index contributed by atoms with van der Waals surface area (Å²) < 4.78 is 0. The van der Waals surface area contributed by atoms with E-state index in [1.165, 1.54) is 0 Å². The lowest BCUT2D eigenvalue weighted by Gasteiger charge is -2.38. The molecule has 8 nitrogen and oxygen atoms in total. The summed E-state index contributed by atoms with van der Waals surface area (Å²) in [5.74, 6) is 1.12. The topological polar surface area (TPSA) is 93.6 Å². The van der Waals surface area contributed by atoms with Gasteiger partial charge in [-0.1, -0.05) is 30.7 Å². The van der Waals surface area contributed by atoms with Crippen molar-refractivity contribution in [2.75, 3.05) is 50.7 Å². The number of rotatable bonds is 7. The van der Waals surface area contributed by atoms with Crippen LogP contribution in [0.4, 0.5) is 5.82 Å². The molecule has 3 N–H and O–H groups in total. The molecule has 2 saturated heterocycles. The summed E-state index contributed by atoms with van der Waals surface area (Å²) in [4.78, 5) is 26.9. The Morgan fingerprint density at radius 1 is 1.23 bits per heavy atom. The summed E-state index contributed by atoms with van der Waals surface area (Å²) in [7, 11) is 0. The van der Waals surface area contributed by atoms with Crippen molar-refractivity contribution in [1.82, 2.24) is 25.5 Å². The third kappa shape index (κ3) is 5.31. The van der Waals surface area contributed by atoms with Crippen LogP contribution in [0.15, 0.2) is 30.6 Å². The molecule has 0 radical (unpaired) electrons. The van der Waals surface area contributed by atoms with E-state index in [9.17, 15) is 9.90 Å². The van der Waals surface area contributed by atoms with E-state index < -0.39 is 6.10 Å². The average molecular weight is 499 g/mol. The number of hydrogen-bond donors (Lipinski definition) is 3. The standard InChI is InChI=1S/C26H35ClN6O2/c1-17-14-22(34)24-23(17)25(31-16-30-24)32-10-12-33(13-11-32)26(35)21(18-2-4-19(27)5-3-18)7-9-29-20-6-8-28-15-20/h2-5,16-17,20-22,28-29,34H,6-15H2,1H3/t17-,20-,21-,22-/m1/s1. The van der Waals surface area contributed by atoms with Gasteiger partial charge in [-0.3, -0.25) is 4.79 Å². The maximum absolute atomic E-state index is 13.7. The van der Waals surface area contributed by atoms with Gasteiger partial charge in [0.15, 0.2) is 0 Å². The van der Waals surface area contributed by atoms with Crippen LogP contribution in [0.25, 0.3) is 0 Å². The van der Waals surface area contributed by atoms with Crippen LogP contribution in [-0.2, 0) is 4.79 Å². The highest BCUT2D eigenvalue weighted by Crippen LogP contribution is 2.42. The molecular formula is C26H35ClN6O2. The number of aliphatic hydroxyl groups is 1. The van der Waals surface area contributed by atoms with Crippen LogP contribution in [0.1, 0.15) is 60.9 Å². The molecule has 3 heterocycles. The third-order valence-electron chi connectivity index (χ3n) is 7.67. The minimum absolute atomic E-state index is 0.176. The molecule has 5 rings (SSSR count). The number of anilines is 1. The Balaban J connectivity index is 1.25. The zero-order valence-corrected chi connectivity index (χ0v) is 21.0. The molecule has 1 amide bonds. The molecule has 0 spiro atoms. The largest absolute Gasteiger partial charge is 0.387 e. The molecule has 2 fully saturated rings. The second kappa shape index (κ2) is 10.8. The predicted molar refractivity (Wildman–Crippen MR) is 137 cm³/mol. The first-order chi connectivity index (χ1) is 17.0. The van der Waals surface area contributed by atoms with Crippen molar-refractivity contribution in [1.29, 1.82) is 0 Å². The fourth-order valence-corrected chi connectivity index (χ4v) is 5.83. The van der Waals surface area contributed by atoms with Gasteiger partial charge < -0.3 is 25.5 Å². The molecule has 1 aliphatic carbocycles. The Kier molecular flexibility index (Phi) is 7.53. The van der Waals surface area contributed by atoms with E-state index in [0.717, 1.165) is 68.2 Å². The number of aliphatic hydroxyl groups excluding tert-OH is 1. The van der Waals surface area contributed by atoms with Crippen molar-refractivity contribution in [2.45, 2.75) is 50.2 Å². The lowest BCUT2D eigenvalue weighted by atomic mass is 9.93. The van der Waals surface area contributed by atoms with Crippen molar-refractivity contribution in [3.05, 3.63) is 52.4 Å². The van der Waals surface area contributed by atoms with Crippen LogP contribution in [-0.4, -0.2) is 77.7 Å². The number of carbonyl (C=O) groups is 1. The molecule has 0 unspecified atom stereocenters. The third-order valence-corrected chi connectivity index (χ3v) is 7.92. The highest BCUT2D eigenvalue weighted by molar-refractivity contribution is 6.30. The van der Waals surface area contributed by atoms with E-state index in [2.05, 4.69) is 32.4 Å². The molecule has 188 valence electrons. The van der Waals surface area contributed by atoms with Crippen LogP contribution in [0.5, 0.6) is 0 Å². The SMILES string of the molecule is C[C@@H]1C[C@@H](O)c2ncnc(N3CCN(C(=O)[C@H](CCN[C@@H]4CCNC4)c4ccc(Cl)cc4)CC3)c21. The number of fused-ring (bicyclic) bond motifs is 1. The van der Waals surface area contributed by atoms with E-state index in [4.69, 9.17) is 11.6 Å². The highest BCUT2D eigenvalue weighted by atomic mass is 35.5. The van der Waals surface area contributed by atoms with E-state index in [1.54, 1.807) is 6.33 Å². The summed E-state index contributed by atoms with van der Waals surface area (Å²) in [5, 5.41) is 18.0. The summed E-state index contributed by atoms with van der Waals surface area (Å²) in [6.45, 7) is 7.71. The number of nitrogens with one attached hydrogen (secondary N) is 2.